The molecule has 8 heteroatoms. The summed E-state index contributed by atoms with van der Waals surface area (Å²) in [6.07, 6.45) is -0.657. The Hall–Kier alpha value is -2.61. The first-order chi connectivity index (χ1) is 12.1. The van der Waals surface area contributed by atoms with Gasteiger partial charge < -0.3 is 14.6 Å². The molecule has 1 heterocycles. The third kappa shape index (κ3) is 4.51. The molecule has 2 aromatic rings. The van der Waals surface area contributed by atoms with Crippen LogP contribution in [-0.2, 0) is 4.74 Å². The van der Waals surface area contributed by atoms with E-state index in [0.29, 0.717) is 23.7 Å². The van der Waals surface area contributed by atoms with E-state index >= 15 is 0 Å². The van der Waals surface area contributed by atoms with Gasteiger partial charge in [-0.05, 0) is 46.8 Å². The third-order valence-electron chi connectivity index (χ3n) is 3.15. The Morgan fingerprint density at radius 1 is 1.27 bits per heavy atom. The average Bonchev–Trinajstić information content (AvgIpc) is 2.89. The fraction of sp³-hybridized carbons (Fsp3) is 0.389. The number of carboxylic acid groups (broad SMARTS) is 1. The van der Waals surface area contributed by atoms with E-state index in [9.17, 15) is 14.7 Å². The van der Waals surface area contributed by atoms with Crippen LogP contribution in [0.5, 0.6) is 5.75 Å². The van der Waals surface area contributed by atoms with Gasteiger partial charge >= 0.3 is 12.1 Å². The lowest BCUT2D eigenvalue weighted by Crippen LogP contribution is -2.34. The molecule has 1 N–H and O–H groups in total. The predicted molar refractivity (Wildman–Crippen MR) is 99.8 cm³/mol. The van der Waals surface area contributed by atoms with Gasteiger partial charge in [0.1, 0.15) is 16.2 Å². The van der Waals surface area contributed by atoms with Crippen molar-refractivity contribution < 1.29 is 24.2 Å². The maximum Gasteiger partial charge on any atom is 0.421 e. The molecule has 0 aliphatic rings. The Morgan fingerprint density at radius 3 is 2.46 bits per heavy atom. The lowest BCUT2D eigenvalue weighted by molar-refractivity contribution is 0.0597. The van der Waals surface area contributed by atoms with Crippen LogP contribution in [-0.4, -0.2) is 34.4 Å². The molecule has 0 aliphatic heterocycles. The van der Waals surface area contributed by atoms with E-state index < -0.39 is 17.7 Å². The van der Waals surface area contributed by atoms with Gasteiger partial charge in [0, 0.05) is 0 Å². The molecule has 0 unspecified atom stereocenters. The Kier molecular flexibility index (Phi) is 5.86. The molecule has 0 saturated carbocycles. The molecule has 0 atom stereocenters. The minimum atomic E-state index is -1.09. The van der Waals surface area contributed by atoms with Gasteiger partial charge in [-0.25, -0.2) is 19.5 Å². The number of thiazole rings is 1. The molecule has 7 nitrogen and oxygen atoms in total. The highest BCUT2D eigenvalue weighted by Gasteiger charge is 2.30. The number of carbonyl (C=O) groups is 2. The first kappa shape index (κ1) is 19.7. The van der Waals surface area contributed by atoms with Crippen molar-refractivity contribution in [2.45, 2.75) is 40.2 Å². The number of amides is 1. The number of benzene rings is 1. The summed E-state index contributed by atoms with van der Waals surface area (Å²) in [4.78, 5) is 29.8. The number of aryl methyl sites for hydroxylation is 1. The van der Waals surface area contributed by atoms with Crippen molar-refractivity contribution in [1.82, 2.24) is 4.98 Å². The van der Waals surface area contributed by atoms with Crippen molar-refractivity contribution in [2.75, 3.05) is 11.5 Å². The highest BCUT2D eigenvalue weighted by molar-refractivity contribution is 7.17. The van der Waals surface area contributed by atoms with Crippen LogP contribution in [0.1, 0.15) is 43.1 Å². The van der Waals surface area contributed by atoms with Gasteiger partial charge in [0.15, 0.2) is 0 Å². The summed E-state index contributed by atoms with van der Waals surface area (Å²) in [7, 11) is 0. The highest BCUT2D eigenvalue weighted by atomic mass is 32.1. The van der Waals surface area contributed by atoms with E-state index in [1.165, 1.54) is 4.90 Å². The average molecular weight is 378 g/mol. The van der Waals surface area contributed by atoms with Crippen LogP contribution < -0.4 is 9.64 Å². The molecule has 0 fully saturated rings. The van der Waals surface area contributed by atoms with Crippen molar-refractivity contribution in [1.29, 1.82) is 0 Å². The summed E-state index contributed by atoms with van der Waals surface area (Å²) < 4.78 is 11.1. The molecule has 0 radical (unpaired) electrons. The fourth-order valence-electron chi connectivity index (χ4n) is 2.18. The minimum absolute atomic E-state index is 0.0717. The quantitative estimate of drug-likeness (QED) is 0.816. The number of carbonyl (C=O) groups excluding carboxylic acids is 1. The fourth-order valence-corrected chi connectivity index (χ4v) is 3.09. The van der Waals surface area contributed by atoms with Crippen molar-refractivity contribution in [3.63, 3.8) is 0 Å². The highest BCUT2D eigenvalue weighted by Crippen LogP contribution is 2.38. The topological polar surface area (TPSA) is 89.0 Å². The number of nitrogens with zero attached hydrogens (tertiary/aromatic N) is 2. The van der Waals surface area contributed by atoms with Crippen molar-refractivity contribution in [3.8, 4) is 5.75 Å². The first-order valence-electron chi connectivity index (χ1n) is 8.09. The summed E-state index contributed by atoms with van der Waals surface area (Å²) in [5.74, 6) is -0.612. The van der Waals surface area contributed by atoms with Gasteiger partial charge in [0.05, 0.1) is 18.0 Å². The number of ether oxygens (including phenoxy) is 2. The third-order valence-corrected chi connectivity index (χ3v) is 4.28. The van der Waals surface area contributed by atoms with E-state index in [0.717, 1.165) is 11.3 Å². The van der Waals surface area contributed by atoms with Crippen LogP contribution in [0.15, 0.2) is 24.3 Å². The second-order valence-electron chi connectivity index (χ2n) is 6.43. The van der Waals surface area contributed by atoms with Gasteiger partial charge in [-0.1, -0.05) is 23.5 Å². The Bertz CT molecular complexity index is 810. The van der Waals surface area contributed by atoms with E-state index in [-0.39, 0.29) is 10.0 Å². The number of hydrogen-bond acceptors (Lipinski definition) is 6. The van der Waals surface area contributed by atoms with Crippen LogP contribution >= 0.6 is 11.3 Å². The number of para-hydroxylation sites is 2. The summed E-state index contributed by atoms with van der Waals surface area (Å²) in [5, 5.41) is 9.52. The summed E-state index contributed by atoms with van der Waals surface area (Å²) in [6.45, 7) is 9.11. The zero-order valence-electron chi connectivity index (χ0n) is 15.4. The number of aromatic nitrogens is 1. The van der Waals surface area contributed by atoms with Gasteiger partial charge in [-0.2, -0.15) is 0 Å². The Labute approximate surface area is 156 Å². The molecule has 1 amide bonds. The molecule has 140 valence electrons. The van der Waals surface area contributed by atoms with Gasteiger partial charge in [0.25, 0.3) is 0 Å². The SMILES string of the molecule is CCOc1ccccc1N(C(=O)OC(C)(C)C)c1nc(C)c(C(=O)O)s1. The summed E-state index contributed by atoms with van der Waals surface area (Å²) >= 11 is 0.911. The van der Waals surface area contributed by atoms with Crippen LogP contribution in [0.3, 0.4) is 0 Å². The number of carboxylic acids is 1. The molecule has 0 aliphatic carbocycles. The van der Waals surface area contributed by atoms with Crippen LogP contribution in [0.25, 0.3) is 0 Å². The zero-order valence-corrected chi connectivity index (χ0v) is 16.2. The Morgan fingerprint density at radius 2 is 1.92 bits per heavy atom. The molecular formula is C18H22N2O5S. The van der Waals surface area contributed by atoms with Gasteiger partial charge in [0.2, 0.25) is 5.13 Å². The molecule has 2 rings (SSSR count). The monoisotopic (exact) mass is 378 g/mol. The van der Waals surface area contributed by atoms with E-state index in [4.69, 9.17) is 9.47 Å². The molecule has 0 bridgehead atoms. The molecule has 26 heavy (non-hydrogen) atoms. The summed E-state index contributed by atoms with van der Waals surface area (Å²) in [6, 6.07) is 6.98. The van der Waals surface area contributed by atoms with Gasteiger partial charge in [-0.3, -0.25) is 0 Å². The summed E-state index contributed by atoms with van der Waals surface area (Å²) in [5.41, 5.74) is 0.0481. The van der Waals surface area contributed by atoms with Crippen molar-refractivity contribution >= 4 is 34.2 Å². The molecular weight excluding hydrogens is 356 g/mol. The first-order valence-corrected chi connectivity index (χ1v) is 8.91. The normalized spacial score (nSPS) is 11.1. The smallest absolute Gasteiger partial charge is 0.421 e. The molecule has 0 saturated heterocycles. The standard InChI is InChI=1S/C18H22N2O5S/c1-6-24-13-10-8-7-9-12(13)20(17(23)25-18(3,4)5)16-19-11(2)14(26-16)15(21)22/h7-10H,6H2,1-5H3,(H,21,22). The van der Waals surface area contributed by atoms with E-state index in [1.54, 1.807) is 52.0 Å². The largest absolute Gasteiger partial charge is 0.492 e. The van der Waals surface area contributed by atoms with Gasteiger partial charge in [-0.15, -0.1) is 0 Å². The number of aromatic carboxylic acids is 1. The Balaban J connectivity index is 2.58. The number of hydrogen-bond donors (Lipinski definition) is 1. The van der Waals surface area contributed by atoms with E-state index in [2.05, 4.69) is 4.98 Å². The predicted octanol–water partition coefficient (Wildman–Crippen LogP) is 4.62. The van der Waals surface area contributed by atoms with Crippen LogP contribution in [0.2, 0.25) is 0 Å². The second kappa shape index (κ2) is 7.74. The second-order valence-corrected chi connectivity index (χ2v) is 7.41. The van der Waals surface area contributed by atoms with Crippen molar-refractivity contribution in [2.24, 2.45) is 0 Å². The number of anilines is 2. The molecule has 0 spiro atoms. The minimum Gasteiger partial charge on any atom is -0.492 e. The number of rotatable bonds is 5. The maximum atomic E-state index is 12.9. The maximum absolute atomic E-state index is 12.9. The van der Waals surface area contributed by atoms with Crippen LogP contribution in [0, 0.1) is 6.92 Å². The molecule has 1 aromatic heterocycles. The lowest BCUT2D eigenvalue weighted by atomic mass is 10.2. The van der Waals surface area contributed by atoms with E-state index in [1.807, 2.05) is 6.92 Å². The lowest BCUT2D eigenvalue weighted by Gasteiger charge is -2.26. The zero-order chi connectivity index (χ0) is 19.5. The van der Waals surface area contributed by atoms with Crippen molar-refractivity contribution in [3.05, 3.63) is 34.8 Å². The van der Waals surface area contributed by atoms with Crippen LogP contribution in [0.4, 0.5) is 15.6 Å². The molecule has 1 aromatic carbocycles.